The van der Waals surface area contributed by atoms with Crippen LogP contribution in [0.4, 0.5) is 5.13 Å². The van der Waals surface area contributed by atoms with E-state index in [-0.39, 0.29) is 12.6 Å². The third kappa shape index (κ3) is 4.46. The van der Waals surface area contributed by atoms with Gasteiger partial charge in [0.05, 0.1) is 12.3 Å². The van der Waals surface area contributed by atoms with Gasteiger partial charge in [0.15, 0.2) is 11.7 Å². The number of ether oxygens (including phenoxy) is 2. The van der Waals surface area contributed by atoms with Gasteiger partial charge in [0.2, 0.25) is 0 Å². The molecule has 0 radical (unpaired) electrons. The number of benzene rings is 1. The molecule has 2 aromatic rings. The van der Waals surface area contributed by atoms with Gasteiger partial charge in [0.25, 0.3) is 0 Å². The van der Waals surface area contributed by atoms with Gasteiger partial charge in [-0.05, 0) is 37.1 Å². The highest BCUT2D eigenvalue weighted by Crippen LogP contribution is 2.29. The number of hydrogen-bond acceptors (Lipinski definition) is 6. The predicted molar refractivity (Wildman–Crippen MR) is 88.0 cm³/mol. The molecular weight excluding hydrogens is 300 g/mol. The van der Waals surface area contributed by atoms with E-state index in [0.29, 0.717) is 23.4 Å². The molecule has 2 rings (SSSR count). The van der Waals surface area contributed by atoms with Crippen LogP contribution in [0.5, 0.6) is 5.75 Å². The standard InChI is InChI=1S/C16H20N2O3S/c1-10(2)8-21-14(19)9-20-13-6-4-12(5-7-13)15-11(3)22-16(17)18-15/h4-7,10H,8-9H2,1-3H3,(H2,17,18). The van der Waals surface area contributed by atoms with E-state index >= 15 is 0 Å². The fourth-order valence-corrected chi connectivity index (χ4v) is 2.55. The zero-order valence-electron chi connectivity index (χ0n) is 13.0. The Morgan fingerprint density at radius 1 is 1.32 bits per heavy atom. The van der Waals surface area contributed by atoms with Crippen LogP contribution < -0.4 is 10.5 Å². The van der Waals surface area contributed by atoms with Crippen LogP contribution in [0.3, 0.4) is 0 Å². The van der Waals surface area contributed by atoms with Gasteiger partial charge in [-0.15, -0.1) is 11.3 Å². The van der Waals surface area contributed by atoms with Gasteiger partial charge in [-0.2, -0.15) is 0 Å². The van der Waals surface area contributed by atoms with Gasteiger partial charge >= 0.3 is 5.97 Å². The fourth-order valence-electron chi connectivity index (χ4n) is 1.84. The lowest BCUT2D eigenvalue weighted by Gasteiger charge is -2.09. The number of aromatic nitrogens is 1. The molecule has 1 aromatic heterocycles. The number of nitrogens with zero attached hydrogens (tertiary/aromatic N) is 1. The lowest BCUT2D eigenvalue weighted by molar-refractivity contribution is -0.147. The maximum atomic E-state index is 11.5. The normalized spacial score (nSPS) is 10.7. The molecule has 118 valence electrons. The first-order valence-electron chi connectivity index (χ1n) is 7.07. The van der Waals surface area contributed by atoms with Gasteiger partial charge < -0.3 is 15.2 Å². The highest BCUT2D eigenvalue weighted by Gasteiger charge is 2.09. The number of rotatable bonds is 6. The van der Waals surface area contributed by atoms with E-state index in [1.54, 1.807) is 12.1 Å². The van der Waals surface area contributed by atoms with E-state index in [1.165, 1.54) is 11.3 Å². The summed E-state index contributed by atoms with van der Waals surface area (Å²) in [7, 11) is 0. The molecule has 0 aliphatic rings. The smallest absolute Gasteiger partial charge is 0.344 e. The molecule has 0 unspecified atom stereocenters. The number of hydrogen-bond donors (Lipinski definition) is 1. The second kappa shape index (κ2) is 7.26. The van der Waals surface area contributed by atoms with Crippen LogP contribution in [-0.2, 0) is 9.53 Å². The van der Waals surface area contributed by atoms with Crippen molar-refractivity contribution in [3.8, 4) is 17.0 Å². The Morgan fingerprint density at radius 2 is 2.00 bits per heavy atom. The summed E-state index contributed by atoms with van der Waals surface area (Å²) in [6.45, 7) is 6.28. The fraction of sp³-hybridized carbons (Fsp3) is 0.375. The molecule has 0 bridgehead atoms. The first-order valence-corrected chi connectivity index (χ1v) is 7.89. The molecule has 2 N–H and O–H groups in total. The van der Waals surface area contributed by atoms with Crippen molar-refractivity contribution in [2.24, 2.45) is 5.92 Å². The molecule has 0 atom stereocenters. The van der Waals surface area contributed by atoms with E-state index in [2.05, 4.69) is 4.98 Å². The molecule has 0 saturated heterocycles. The molecule has 1 heterocycles. The number of nitrogens with two attached hydrogens (primary N) is 1. The number of carbonyl (C=O) groups excluding carboxylic acids is 1. The molecule has 6 heteroatoms. The summed E-state index contributed by atoms with van der Waals surface area (Å²) >= 11 is 1.46. The summed E-state index contributed by atoms with van der Waals surface area (Å²) in [4.78, 5) is 16.9. The van der Waals surface area contributed by atoms with Crippen molar-refractivity contribution < 1.29 is 14.3 Å². The molecule has 22 heavy (non-hydrogen) atoms. The van der Waals surface area contributed by atoms with Crippen molar-refractivity contribution >= 4 is 22.4 Å². The molecule has 0 spiro atoms. The molecule has 0 saturated carbocycles. The van der Waals surface area contributed by atoms with E-state index < -0.39 is 0 Å². The van der Waals surface area contributed by atoms with Crippen LogP contribution in [0, 0.1) is 12.8 Å². The minimum absolute atomic E-state index is 0.0885. The lowest BCUT2D eigenvalue weighted by atomic mass is 10.1. The maximum Gasteiger partial charge on any atom is 0.344 e. The monoisotopic (exact) mass is 320 g/mol. The second-order valence-corrected chi connectivity index (χ2v) is 6.58. The Labute approximate surface area is 134 Å². The third-order valence-electron chi connectivity index (χ3n) is 2.88. The van der Waals surface area contributed by atoms with E-state index in [9.17, 15) is 4.79 Å². The average molecular weight is 320 g/mol. The molecule has 0 aliphatic heterocycles. The SMILES string of the molecule is Cc1sc(N)nc1-c1ccc(OCC(=O)OCC(C)C)cc1. The summed E-state index contributed by atoms with van der Waals surface area (Å²) in [6, 6.07) is 7.41. The third-order valence-corrected chi connectivity index (χ3v) is 3.68. The Morgan fingerprint density at radius 3 is 2.55 bits per heavy atom. The minimum Gasteiger partial charge on any atom is -0.482 e. The number of carbonyl (C=O) groups is 1. The van der Waals surface area contributed by atoms with E-state index in [0.717, 1.165) is 16.1 Å². The second-order valence-electron chi connectivity index (χ2n) is 5.35. The zero-order chi connectivity index (χ0) is 16.1. The quantitative estimate of drug-likeness (QED) is 0.827. The van der Waals surface area contributed by atoms with Crippen molar-refractivity contribution in [3.05, 3.63) is 29.1 Å². The first-order chi connectivity index (χ1) is 10.5. The van der Waals surface area contributed by atoms with Crippen LogP contribution in [-0.4, -0.2) is 24.2 Å². The molecule has 1 aromatic carbocycles. The molecule has 0 amide bonds. The number of esters is 1. The Kier molecular flexibility index (Phi) is 5.38. The van der Waals surface area contributed by atoms with Crippen molar-refractivity contribution in [3.63, 3.8) is 0 Å². The summed E-state index contributed by atoms with van der Waals surface area (Å²) < 4.78 is 10.5. The Hall–Kier alpha value is -2.08. The van der Waals surface area contributed by atoms with Crippen LogP contribution in [0.2, 0.25) is 0 Å². The van der Waals surface area contributed by atoms with Crippen molar-refractivity contribution in [2.45, 2.75) is 20.8 Å². The maximum absolute atomic E-state index is 11.5. The van der Waals surface area contributed by atoms with Crippen molar-refractivity contribution in [2.75, 3.05) is 18.9 Å². The van der Waals surface area contributed by atoms with Gasteiger partial charge in [-0.25, -0.2) is 9.78 Å². The zero-order valence-corrected chi connectivity index (χ0v) is 13.8. The summed E-state index contributed by atoms with van der Waals surface area (Å²) in [5.74, 6) is 0.573. The summed E-state index contributed by atoms with van der Waals surface area (Å²) in [5, 5.41) is 0.556. The van der Waals surface area contributed by atoms with Crippen molar-refractivity contribution in [1.29, 1.82) is 0 Å². The van der Waals surface area contributed by atoms with Gasteiger partial charge in [0, 0.05) is 10.4 Å². The van der Waals surface area contributed by atoms with Gasteiger partial charge in [-0.3, -0.25) is 0 Å². The first kappa shape index (κ1) is 16.3. The highest BCUT2D eigenvalue weighted by atomic mass is 32.1. The summed E-state index contributed by atoms with van der Waals surface area (Å²) in [5.41, 5.74) is 7.56. The Bertz CT molecular complexity index is 635. The van der Waals surface area contributed by atoms with Crippen LogP contribution in [0.25, 0.3) is 11.3 Å². The van der Waals surface area contributed by atoms with Crippen molar-refractivity contribution in [1.82, 2.24) is 4.98 Å². The van der Waals surface area contributed by atoms with Gasteiger partial charge in [0.1, 0.15) is 5.75 Å². The number of nitrogen functional groups attached to an aromatic ring is 1. The van der Waals surface area contributed by atoms with Crippen LogP contribution in [0.15, 0.2) is 24.3 Å². The predicted octanol–water partition coefficient (Wildman–Crippen LogP) is 3.28. The van der Waals surface area contributed by atoms with Crippen LogP contribution in [0.1, 0.15) is 18.7 Å². The average Bonchev–Trinajstić information content (AvgIpc) is 2.82. The Balaban J connectivity index is 1.92. The van der Waals surface area contributed by atoms with Crippen LogP contribution >= 0.6 is 11.3 Å². The molecular formula is C16H20N2O3S. The molecule has 5 nitrogen and oxygen atoms in total. The number of thiazole rings is 1. The lowest BCUT2D eigenvalue weighted by Crippen LogP contribution is -2.17. The minimum atomic E-state index is -0.360. The topological polar surface area (TPSA) is 74.4 Å². The largest absolute Gasteiger partial charge is 0.482 e. The molecule has 0 aliphatic carbocycles. The van der Waals surface area contributed by atoms with E-state index in [1.807, 2.05) is 32.9 Å². The van der Waals surface area contributed by atoms with Gasteiger partial charge in [-0.1, -0.05) is 13.8 Å². The number of anilines is 1. The molecule has 0 fully saturated rings. The highest BCUT2D eigenvalue weighted by molar-refractivity contribution is 7.15. The van der Waals surface area contributed by atoms with E-state index in [4.69, 9.17) is 15.2 Å². The summed E-state index contributed by atoms with van der Waals surface area (Å²) in [6.07, 6.45) is 0. The number of aryl methyl sites for hydroxylation is 1.